The van der Waals surface area contributed by atoms with E-state index >= 15 is 0 Å². The van der Waals surface area contributed by atoms with Crippen LogP contribution in [0.2, 0.25) is 5.02 Å². The number of aryl methyl sites for hydroxylation is 1. The maximum atomic E-state index is 9.75. The molecule has 8 heteroatoms. The number of diazo groups is 1. The third kappa shape index (κ3) is 6.74. The number of halogens is 5. The largest absolute Gasteiger partial charge is 0.673 e. The van der Waals surface area contributed by atoms with Gasteiger partial charge in [0.05, 0.1) is 0 Å². The standard InChI is InChI=1S/C7H6ClN2.BF4/c1-5-3-2-4-6(10-9)7(5)8;2-1(3,4)5/h2-4H,1H3;/q+1;-1. The van der Waals surface area contributed by atoms with Gasteiger partial charge in [-0.2, -0.15) is 0 Å². The van der Waals surface area contributed by atoms with E-state index in [4.69, 9.17) is 17.0 Å². The summed E-state index contributed by atoms with van der Waals surface area (Å²) >= 11 is 5.74. The summed E-state index contributed by atoms with van der Waals surface area (Å²) in [6.45, 7) is 1.86. The van der Waals surface area contributed by atoms with Gasteiger partial charge in [0.1, 0.15) is 5.02 Å². The predicted molar refractivity (Wildman–Crippen MR) is 51.1 cm³/mol. The Hall–Kier alpha value is -1.29. The van der Waals surface area contributed by atoms with Gasteiger partial charge in [0.15, 0.2) is 4.98 Å². The molecule has 1 rings (SSSR count). The molecule has 0 saturated carbocycles. The second-order valence-electron chi connectivity index (χ2n) is 2.50. The van der Waals surface area contributed by atoms with E-state index in [1.165, 1.54) is 0 Å². The summed E-state index contributed by atoms with van der Waals surface area (Å²) in [5.74, 6) is 0. The van der Waals surface area contributed by atoms with Gasteiger partial charge in [0.2, 0.25) is 5.39 Å². The number of nitrogens with zero attached hydrogens (tertiary/aromatic N) is 2. The molecule has 0 bridgehead atoms. The molecule has 0 spiro atoms. The molecule has 0 aliphatic rings. The van der Waals surface area contributed by atoms with Crippen LogP contribution in [0.15, 0.2) is 18.2 Å². The molecule has 0 aromatic heterocycles. The monoisotopic (exact) mass is 240 g/mol. The van der Waals surface area contributed by atoms with Crippen molar-refractivity contribution in [3.8, 4) is 0 Å². The van der Waals surface area contributed by atoms with Crippen LogP contribution in [0, 0.1) is 12.3 Å². The van der Waals surface area contributed by atoms with Crippen molar-refractivity contribution in [2.24, 2.45) is 0 Å². The van der Waals surface area contributed by atoms with Crippen molar-refractivity contribution in [3.05, 3.63) is 33.8 Å². The Labute approximate surface area is 88.6 Å². The lowest BCUT2D eigenvalue weighted by Crippen LogP contribution is -2.02. The summed E-state index contributed by atoms with van der Waals surface area (Å²) in [5.41, 5.74) is 1.33. The Morgan fingerprint density at radius 1 is 1.27 bits per heavy atom. The Morgan fingerprint density at radius 2 is 1.73 bits per heavy atom. The zero-order valence-corrected chi connectivity index (χ0v) is 8.35. The highest BCUT2D eigenvalue weighted by molar-refractivity contribution is 6.50. The van der Waals surface area contributed by atoms with E-state index in [-0.39, 0.29) is 0 Å². The van der Waals surface area contributed by atoms with E-state index in [0.29, 0.717) is 10.7 Å². The first-order valence-corrected chi connectivity index (χ1v) is 4.11. The van der Waals surface area contributed by atoms with Crippen LogP contribution in [0.3, 0.4) is 0 Å². The van der Waals surface area contributed by atoms with Gasteiger partial charge in [-0.15, -0.1) is 0 Å². The van der Waals surface area contributed by atoms with Gasteiger partial charge >= 0.3 is 12.9 Å². The predicted octanol–water partition coefficient (Wildman–Crippen LogP) is 4.43. The minimum absolute atomic E-state index is 0.418. The Morgan fingerprint density at radius 3 is 2.07 bits per heavy atom. The van der Waals surface area contributed by atoms with Gasteiger partial charge < -0.3 is 17.3 Å². The van der Waals surface area contributed by atoms with Crippen LogP contribution < -0.4 is 0 Å². The molecule has 0 radical (unpaired) electrons. The summed E-state index contributed by atoms with van der Waals surface area (Å²) in [5, 5.41) is 8.89. The molecule has 0 unspecified atom stereocenters. The molecule has 82 valence electrons. The van der Waals surface area contributed by atoms with E-state index in [0.717, 1.165) is 5.56 Å². The number of rotatable bonds is 0. The lowest BCUT2D eigenvalue weighted by atomic mass is 10.2. The van der Waals surface area contributed by atoms with Gasteiger partial charge in [0.25, 0.3) is 0 Å². The van der Waals surface area contributed by atoms with Crippen LogP contribution >= 0.6 is 11.6 Å². The summed E-state index contributed by atoms with van der Waals surface area (Å²) in [6, 6.07) is 5.29. The topological polar surface area (TPSA) is 28.1 Å². The van der Waals surface area contributed by atoms with Crippen LogP contribution in [0.1, 0.15) is 5.56 Å². The summed E-state index contributed by atoms with van der Waals surface area (Å²) < 4.78 is 39.0. The molecule has 2 nitrogen and oxygen atoms in total. The van der Waals surface area contributed by atoms with Crippen molar-refractivity contribution in [1.29, 1.82) is 5.39 Å². The number of hydrogen-bond acceptors (Lipinski definition) is 1. The molecule has 0 heterocycles. The van der Waals surface area contributed by atoms with Crippen molar-refractivity contribution in [3.63, 3.8) is 0 Å². The SMILES string of the molecule is Cc1cccc([N+]#N)c1Cl.F[B-](F)(F)F. The zero-order valence-electron chi connectivity index (χ0n) is 7.59. The molecular weight excluding hydrogens is 234 g/mol. The molecule has 0 atom stereocenters. The van der Waals surface area contributed by atoms with E-state index in [2.05, 4.69) is 4.98 Å². The summed E-state index contributed by atoms with van der Waals surface area (Å²) in [6.07, 6.45) is 0. The summed E-state index contributed by atoms with van der Waals surface area (Å²) in [7, 11) is -6.00. The summed E-state index contributed by atoms with van der Waals surface area (Å²) in [4.78, 5) is 3.00. The fourth-order valence-corrected chi connectivity index (χ4v) is 0.873. The second-order valence-corrected chi connectivity index (χ2v) is 2.88. The quantitative estimate of drug-likeness (QED) is 0.374. The third-order valence-corrected chi connectivity index (χ3v) is 1.77. The Balaban J connectivity index is 0.000000336. The first-order chi connectivity index (χ1) is 6.75. The Bertz CT molecular complexity index is 368. The van der Waals surface area contributed by atoms with Crippen molar-refractivity contribution in [2.45, 2.75) is 6.92 Å². The lowest BCUT2D eigenvalue weighted by molar-refractivity contribution is 0.368. The van der Waals surface area contributed by atoms with Gasteiger partial charge in [0, 0.05) is 6.07 Å². The Kier molecular flexibility index (Phi) is 5.08. The normalized spacial score (nSPS) is 9.93. The fourth-order valence-electron chi connectivity index (χ4n) is 0.709. The first kappa shape index (κ1) is 13.7. The minimum Gasteiger partial charge on any atom is -0.418 e. The van der Waals surface area contributed by atoms with Gasteiger partial charge in [-0.1, -0.05) is 23.7 Å². The van der Waals surface area contributed by atoms with E-state index < -0.39 is 7.25 Å². The molecule has 0 saturated heterocycles. The van der Waals surface area contributed by atoms with Gasteiger partial charge in [-0.05, 0) is 12.5 Å². The van der Waals surface area contributed by atoms with Crippen molar-refractivity contribution in [1.82, 2.24) is 0 Å². The van der Waals surface area contributed by atoms with Crippen LogP contribution in [0.25, 0.3) is 4.98 Å². The highest BCUT2D eigenvalue weighted by atomic mass is 35.5. The highest BCUT2D eigenvalue weighted by Crippen LogP contribution is 2.27. The third-order valence-electron chi connectivity index (χ3n) is 1.28. The van der Waals surface area contributed by atoms with Crippen LogP contribution in [-0.4, -0.2) is 7.25 Å². The highest BCUT2D eigenvalue weighted by Gasteiger charge is 2.20. The second kappa shape index (κ2) is 5.56. The van der Waals surface area contributed by atoms with Crippen LogP contribution in [-0.2, 0) is 0 Å². The smallest absolute Gasteiger partial charge is 0.418 e. The van der Waals surface area contributed by atoms with E-state index in [1.807, 2.05) is 13.0 Å². The van der Waals surface area contributed by atoms with Gasteiger partial charge in [-0.3, -0.25) is 0 Å². The molecule has 0 fully saturated rings. The van der Waals surface area contributed by atoms with E-state index in [1.54, 1.807) is 12.1 Å². The average molecular weight is 240 g/mol. The van der Waals surface area contributed by atoms with Crippen molar-refractivity contribution >= 4 is 24.5 Å². The number of hydrogen-bond donors (Lipinski definition) is 0. The zero-order chi connectivity index (χ0) is 12.1. The van der Waals surface area contributed by atoms with Crippen molar-refractivity contribution in [2.75, 3.05) is 0 Å². The van der Waals surface area contributed by atoms with Crippen LogP contribution in [0.5, 0.6) is 0 Å². The molecule has 0 aliphatic carbocycles. The fraction of sp³-hybridized carbons (Fsp3) is 0.143. The van der Waals surface area contributed by atoms with Crippen LogP contribution in [0.4, 0.5) is 23.0 Å². The molecule has 1 aromatic rings. The molecule has 0 amide bonds. The average Bonchev–Trinajstić information content (AvgIpc) is 2.07. The maximum absolute atomic E-state index is 9.75. The lowest BCUT2D eigenvalue weighted by Gasteiger charge is -1.94. The molecule has 0 N–H and O–H groups in total. The maximum Gasteiger partial charge on any atom is 0.673 e. The molecular formula is C7H6BClF4N2. The molecule has 1 aromatic carbocycles. The number of benzene rings is 1. The molecule has 15 heavy (non-hydrogen) atoms. The minimum atomic E-state index is -6.00. The molecule has 0 aliphatic heterocycles. The van der Waals surface area contributed by atoms with E-state index in [9.17, 15) is 17.3 Å². The van der Waals surface area contributed by atoms with Gasteiger partial charge in [-0.25, -0.2) is 0 Å². The van der Waals surface area contributed by atoms with Crippen molar-refractivity contribution < 1.29 is 17.3 Å². The first-order valence-electron chi connectivity index (χ1n) is 3.73.